The van der Waals surface area contributed by atoms with Crippen LogP contribution in [0.1, 0.15) is 42.8 Å². The molecule has 0 aromatic carbocycles. The molecule has 0 spiro atoms. The maximum atomic E-state index is 6.11. The lowest BCUT2D eigenvalue weighted by atomic mass is 10.1. The number of aromatic nitrogens is 1. The van der Waals surface area contributed by atoms with Crippen LogP contribution in [0.3, 0.4) is 0 Å². The quantitative estimate of drug-likeness (QED) is 0.607. The number of hydrogen-bond acceptors (Lipinski definition) is 5. The Morgan fingerprint density at radius 1 is 1.38 bits per heavy atom. The van der Waals surface area contributed by atoms with Crippen LogP contribution in [0.25, 0.3) is 0 Å². The highest BCUT2D eigenvalue weighted by atomic mass is 32.1. The van der Waals surface area contributed by atoms with E-state index in [2.05, 4.69) is 25.6 Å². The van der Waals surface area contributed by atoms with Crippen molar-refractivity contribution in [3.63, 3.8) is 0 Å². The van der Waals surface area contributed by atoms with E-state index in [0.717, 1.165) is 75.2 Å². The molecule has 2 fully saturated rings. The fourth-order valence-electron chi connectivity index (χ4n) is 3.57. The van der Waals surface area contributed by atoms with Gasteiger partial charge in [0.15, 0.2) is 5.96 Å². The number of aryl methyl sites for hydroxylation is 1. The first-order chi connectivity index (χ1) is 12.7. The number of ether oxygens (including phenoxy) is 2. The predicted molar refractivity (Wildman–Crippen MR) is 106 cm³/mol. The number of hydrogen-bond donors (Lipinski definition) is 1. The highest BCUT2D eigenvalue weighted by Gasteiger charge is 2.23. The first-order valence-electron chi connectivity index (χ1n) is 9.84. The molecule has 0 aliphatic carbocycles. The standard InChI is InChI=1S/C19H32N4O2S/c1-15-22-16(14-26-15)6-9-21-19(20-2)23-10-7-17(8-11-23)25-13-18-5-3-4-12-24-18/h14,17-18H,3-13H2,1-2H3,(H,20,21). The minimum atomic E-state index is 0.311. The molecule has 6 nitrogen and oxygen atoms in total. The molecule has 3 heterocycles. The van der Waals surface area contributed by atoms with Crippen molar-refractivity contribution in [3.05, 3.63) is 16.1 Å². The summed E-state index contributed by atoms with van der Waals surface area (Å²) in [5, 5.41) is 6.74. The molecule has 3 rings (SSSR count). The minimum absolute atomic E-state index is 0.311. The number of rotatable bonds is 6. The summed E-state index contributed by atoms with van der Waals surface area (Å²) in [6, 6.07) is 0. The highest BCUT2D eigenvalue weighted by Crippen LogP contribution is 2.18. The average Bonchev–Trinajstić information content (AvgIpc) is 3.10. The zero-order valence-electron chi connectivity index (χ0n) is 16.1. The zero-order chi connectivity index (χ0) is 18.2. The lowest BCUT2D eigenvalue weighted by Gasteiger charge is -2.35. The Bertz CT molecular complexity index is 564. The van der Waals surface area contributed by atoms with Gasteiger partial charge < -0.3 is 19.7 Å². The molecule has 0 bridgehead atoms. The topological polar surface area (TPSA) is 59.0 Å². The largest absolute Gasteiger partial charge is 0.376 e. The van der Waals surface area contributed by atoms with Crippen LogP contribution in [0.15, 0.2) is 10.4 Å². The van der Waals surface area contributed by atoms with E-state index in [1.807, 2.05) is 14.0 Å². The van der Waals surface area contributed by atoms with Crippen molar-refractivity contribution < 1.29 is 9.47 Å². The Kier molecular flexibility index (Phi) is 7.70. The second-order valence-electron chi connectivity index (χ2n) is 7.09. The Balaban J connectivity index is 1.34. The third-order valence-corrected chi connectivity index (χ3v) is 5.90. The van der Waals surface area contributed by atoms with Crippen molar-refractivity contribution in [3.8, 4) is 0 Å². The molecule has 2 aliphatic heterocycles. The molecule has 1 N–H and O–H groups in total. The van der Waals surface area contributed by atoms with Crippen LogP contribution in [-0.4, -0.2) is 67.9 Å². The van der Waals surface area contributed by atoms with E-state index in [0.29, 0.717) is 12.2 Å². The normalized spacial score (nSPS) is 22.6. The van der Waals surface area contributed by atoms with Crippen LogP contribution >= 0.6 is 11.3 Å². The van der Waals surface area contributed by atoms with Gasteiger partial charge in [-0.2, -0.15) is 0 Å². The van der Waals surface area contributed by atoms with E-state index in [1.165, 1.54) is 12.8 Å². The zero-order valence-corrected chi connectivity index (χ0v) is 16.9. The SMILES string of the molecule is CN=C(NCCc1csc(C)n1)N1CCC(OCC2CCCCO2)CC1. The lowest BCUT2D eigenvalue weighted by Crippen LogP contribution is -2.47. The second-order valence-corrected chi connectivity index (χ2v) is 8.15. The summed E-state index contributed by atoms with van der Waals surface area (Å²) in [7, 11) is 1.86. The van der Waals surface area contributed by atoms with E-state index in [9.17, 15) is 0 Å². The summed E-state index contributed by atoms with van der Waals surface area (Å²) in [5.41, 5.74) is 1.16. The summed E-state index contributed by atoms with van der Waals surface area (Å²) in [5.74, 6) is 0.992. The van der Waals surface area contributed by atoms with Gasteiger partial charge in [-0.05, 0) is 39.0 Å². The van der Waals surface area contributed by atoms with Crippen molar-refractivity contribution in [1.82, 2.24) is 15.2 Å². The smallest absolute Gasteiger partial charge is 0.193 e. The third-order valence-electron chi connectivity index (χ3n) is 5.08. The van der Waals surface area contributed by atoms with Crippen LogP contribution in [0.2, 0.25) is 0 Å². The van der Waals surface area contributed by atoms with Gasteiger partial charge in [0.25, 0.3) is 0 Å². The number of aliphatic imine (C=N–C) groups is 1. The van der Waals surface area contributed by atoms with Gasteiger partial charge >= 0.3 is 0 Å². The molecule has 0 amide bonds. The van der Waals surface area contributed by atoms with Crippen molar-refractivity contribution in [2.45, 2.75) is 57.7 Å². The van der Waals surface area contributed by atoms with Gasteiger partial charge in [-0.15, -0.1) is 11.3 Å². The van der Waals surface area contributed by atoms with Crippen LogP contribution in [-0.2, 0) is 15.9 Å². The Hall–Kier alpha value is -1.18. The van der Waals surface area contributed by atoms with Gasteiger partial charge in [0, 0.05) is 45.1 Å². The van der Waals surface area contributed by atoms with Crippen molar-refractivity contribution in [2.75, 3.05) is 39.9 Å². The number of nitrogens with one attached hydrogen (secondary N) is 1. The van der Waals surface area contributed by atoms with Crippen LogP contribution in [0.5, 0.6) is 0 Å². The van der Waals surface area contributed by atoms with Crippen LogP contribution < -0.4 is 5.32 Å². The average molecular weight is 381 g/mol. The fraction of sp³-hybridized carbons (Fsp3) is 0.789. The molecule has 1 atom stereocenters. The molecule has 0 saturated carbocycles. The summed E-state index contributed by atoms with van der Waals surface area (Å²) in [6.45, 7) is 6.55. The first-order valence-corrected chi connectivity index (χ1v) is 10.7. The second kappa shape index (κ2) is 10.2. The van der Waals surface area contributed by atoms with Crippen molar-refractivity contribution in [2.24, 2.45) is 4.99 Å². The number of likely N-dealkylation sites (tertiary alicyclic amines) is 1. The third kappa shape index (κ3) is 5.93. The number of piperidine rings is 1. The summed E-state index contributed by atoms with van der Waals surface area (Å²) < 4.78 is 11.9. The fourth-order valence-corrected chi connectivity index (χ4v) is 4.22. The van der Waals surface area contributed by atoms with Gasteiger partial charge in [0.05, 0.1) is 29.5 Å². The highest BCUT2D eigenvalue weighted by molar-refractivity contribution is 7.09. The number of nitrogens with zero attached hydrogens (tertiary/aromatic N) is 3. The molecular formula is C19H32N4O2S. The van der Waals surface area contributed by atoms with E-state index < -0.39 is 0 Å². The summed E-state index contributed by atoms with van der Waals surface area (Å²) in [4.78, 5) is 11.3. The van der Waals surface area contributed by atoms with Gasteiger partial charge in [-0.3, -0.25) is 4.99 Å². The molecule has 26 heavy (non-hydrogen) atoms. The molecule has 1 aromatic rings. The maximum absolute atomic E-state index is 6.11. The maximum Gasteiger partial charge on any atom is 0.193 e. The van der Waals surface area contributed by atoms with Crippen LogP contribution in [0, 0.1) is 6.92 Å². The molecule has 1 unspecified atom stereocenters. The van der Waals surface area contributed by atoms with Gasteiger partial charge in [0.2, 0.25) is 0 Å². The van der Waals surface area contributed by atoms with E-state index in [-0.39, 0.29) is 0 Å². The van der Waals surface area contributed by atoms with Gasteiger partial charge in [-0.25, -0.2) is 4.98 Å². The lowest BCUT2D eigenvalue weighted by molar-refractivity contribution is -0.0721. The first kappa shape index (κ1) is 19.6. The monoisotopic (exact) mass is 380 g/mol. The van der Waals surface area contributed by atoms with Crippen LogP contribution in [0.4, 0.5) is 0 Å². The molecule has 2 saturated heterocycles. The van der Waals surface area contributed by atoms with Crippen molar-refractivity contribution >= 4 is 17.3 Å². The Morgan fingerprint density at radius 2 is 2.23 bits per heavy atom. The molecule has 0 radical (unpaired) electrons. The summed E-state index contributed by atoms with van der Waals surface area (Å²) >= 11 is 1.71. The molecular weight excluding hydrogens is 348 g/mol. The molecule has 146 valence electrons. The number of guanidine groups is 1. The van der Waals surface area contributed by atoms with Crippen molar-refractivity contribution in [1.29, 1.82) is 0 Å². The minimum Gasteiger partial charge on any atom is -0.376 e. The molecule has 2 aliphatic rings. The van der Waals surface area contributed by atoms with Gasteiger partial charge in [0.1, 0.15) is 0 Å². The van der Waals surface area contributed by atoms with Gasteiger partial charge in [-0.1, -0.05) is 0 Å². The predicted octanol–water partition coefficient (Wildman–Crippen LogP) is 2.62. The molecule has 7 heteroatoms. The van der Waals surface area contributed by atoms with E-state index in [4.69, 9.17) is 9.47 Å². The Morgan fingerprint density at radius 3 is 2.88 bits per heavy atom. The molecule has 1 aromatic heterocycles. The number of thiazole rings is 1. The van der Waals surface area contributed by atoms with E-state index >= 15 is 0 Å². The summed E-state index contributed by atoms with van der Waals surface area (Å²) in [6.07, 6.45) is 7.33. The Labute approximate surface area is 161 Å². The van der Waals surface area contributed by atoms with E-state index in [1.54, 1.807) is 11.3 Å².